The SMILES string of the molecule is CC(C)(C)c1cc2c(c(C(C)(C)C)c1)C(C)(C)c1cccc(N(c3ccc(-c4cccc5cccc(C6CCCCC6)c45)cc3)c3ccccc3-c3cccc4ccccc34)c1-2. The summed E-state index contributed by atoms with van der Waals surface area (Å²) in [6, 6.07) is 60.1. The number of benzene rings is 8. The van der Waals surface area contributed by atoms with Gasteiger partial charge in [0.15, 0.2) is 0 Å². The summed E-state index contributed by atoms with van der Waals surface area (Å²) >= 11 is 0. The molecule has 1 nitrogen and oxygen atoms in total. The first-order valence-corrected chi connectivity index (χ1v) is 23.1. The monoisotopic (exact) mass is 807 g/mol. The van der Waals surface area contributed by atoms with Gasteiger partial charge in [0.05, 0.1) is 11.4 Å². The van der Waals surface area contributed by atoms with E-state index in [-0.39, 0.29) is 16.2 Å². The fourth-order valence-electron chi connectivity index (χ4n) is 11.1. The van der Waals surface area contributed by atoms with Crippen LogP contribution in [0.25, 0.3) is 54.9 Å². The summed E-state index contributed by atoms with van der Waals surface area (Å²) in [5.41, 5.74) is 18.3. The molecular formula is C61H61N. The van der Waals surface area contributed by atoms with Crippen molar-refractivity contribution in [2.24, 2.45) is 0 Å². The number of nitrogens with zero attached hydrogens (tertiary/aromatic N) is 1. The fourth-order valence-corrected chi connectivity index (χ4v) is 11.1. The fraction of sp³-hybridized carbons (Fsp3) is 0.279. The Labute approximate surface area is 370 Å². The van der Waals surface area contributed by atoms with Crippen molar-refractivity contribution in [3.8, 4) is 33.4 Å². The van der Waals surface area contributed by atoms with Gasteiger partial charge < -0.3 is 4.90 Å². The zero-order valence-corrected chi connectivity index (χ0v) is 38.1. The second-order valence-electron chi connectivity index (χ2n) is 20.8. The van der Waals surface area contributed by atoms with Crippen LogP contribution in [0.2, 0.25) is 0 Å². The van der Waals surface area contributed by atoms with E-state index in [2.05, 4.69) is 218 Å². The minimum atomic E-state index is -0.186. The first-order chi connectivity index (χ1) is 29.8. The van der Waals surface area contributed by atoms with Gasteiger partial charge in [-0.1, -0.05) is 208 Å². The molecule has 2 aliphatic carbocycles. The highest BCUT2D eigenvalue weighted by Gasteiger charge is 2.42. The van der Waals surface area contributed by atoms with Crippen LogP contribution in [0, 0.1) is 0 Å². The molecule has 1 fully saturated rings. The maximum Gasteiger partial charge on any atom is 0.0543 e. The Balaban J connectivity index is 1.22. The van der Waals surface area contributed by atoms with Gasteiger partial charge in [-0.05, 0) is 125 Å². The van der Waals surface area contributed by atoms with E-state index in [1.54, 1.807) is 0 Å². The van der Waals surface area contributed by atoms with E-state index >= 15 is 0 Å². The van der Waals surface area contributed by atoms with Crippen LogP contribution in [0.1, 0.15) is 121 Å². The van der Waals surface area contributed by atoms with E-state index in [9.17, 15) is 0 Å². The molecule has 0 unspecified atom stereocenters. The third kappa shape index (κ3) is 6.76. The maximum atomic E-state index is 2.57. The highest BCUT2D eigenvalue weighted by Crippen LogP contribution is 2.58. The van der Waals surface area contributed by atoms with E-state index < -0.39 is 0 Å². The van der Waals surface area contributed by atoms with Gasteiger partial charge >= 0.3 is 0 Å². The van der Waals surface area contributed by atoms with Gasteiger partial charge in [0, 0.05) is 22.2 Å². The third-order valence-electron chi connectivity index (χ3n) is 14.3. The molecule has 8 aromatic carbocycles. The van der Waals surface area contributed by atoms with Crippen molar-refractivity contribution < 1.29 is 0 Å². The van der Waals surface area contributed by atoms with Crippen molar-refractivity contribution in [2.45, 2.75) is 110 Å². The first-order valence-electron chi connectivity index (χ1n) is 23.1. The summed E-state index contributed by atoms with van der Waals surface area (Å²) in [5.74, 6) is 0.624. The Bertz CT molecular complexity index is 2970. The predicted octanol–water partition coefficient (Wildman–Crippen LogP) is 17.7. The topological polar surface area (TPSA) is 3.24 Å². The number of anilines is 3. The van der Waals surface area contributed by atoms with Crippen LogP contribution in [0.5, 0.6) is 0 Å². The number of hydrogen-bond acceptors (Lipinski definition) is 1. The molecule has 0 spiro atoms. The number of hydrogen-bond donors (Lipinski definition) is 0. The molecule has 0 saturated heterocycles. The Morgan fingerprint density at radius 2 is 1.13 bits per heavy atom. The molecule has 310 valence electrons. The summed E-state index contributed by atoms with van der Waals surface area (Å²) in [4.78, 5) is 2.57. The van der Waals surface area contributed by atoms with Gasteiger partial charge in [-0.2, -0.15) is 0 Å². The average Bonchev–Trinajstić information content (AvgIpc) is 3.52. The van der Waals surface area contributed by atoms with Gasteiger partial charge in [-0.15, -0.1) is 0 Å². The van der Waals surface area contributed by atoms with Gasteiger partial charge in [-0.3, -0.25) is 0 Å². The average molecular weight is 808 g/mol. The lowest BCUT2D eigenvalue weighted by Crippen LogP contribution is -2.24. The molecule has 10 rings (SSSR count). The van der Waals surface area contributed by atoms with Crippen molar-refractivity contribution in [3.05, 3.63) is 186 Å². The lowest BCUT2D eigenvalue weighted by atomic mass is 9.71. The van der Waals surface area contributed by atoms with Crippen molar-refractivity contribution in [1.29, 1.82) is 0 Å². The molecule has 0 bridgehead atoms. The molecule has 1 heteroatoms. The van der Waals surface area contributed by atoms with E-state index in [1.807, 2.05) is 0 Å². The maximum absolute atomic E-state index is 2.57. The number of rotatable bonds is 6. The van der Waals surface area contributed by atoms with Crippen LogP contribution in [-0.2, 0) is 16.2 Å². The van der Waals surface area contributed by atoms with Crippen molar-refractivity contribution >= 4 is 38.6 Å². The van der Waals surface area contributed by atoms with Crippen molar-refractivity contribution in [3.63, 3.8) is 0 Å². The molecule has 0 radical (unpaired) electrons. The normalized spacial score (nSPS) is 15.2. The van der Waals surface area contributed by atoms with Crippen LogP contribution in [-0.4, -0.2) is 0 Å². The molecular weight excluding hydrogens is 747 g/mol. The van der Waals surface area contributed by atoms with Gasteiger partial charge in [0.2, 0.25) is 0 Å². The van der Waals surface area contributed by atoms with Gasteiger partial charge in [-0.25, -0.2) is 0 Å². The lowest BCUT2D eigenvalue weighted by Gasteiger charge is -2.32. The van der Waals surface area contributed by atoms with Crippen LogP contribution < -0.4 is 4.90 Å². The Hall–Kier alpha value is -5.92. The number of fused-ring (bicyclic) bond motifs is 5. The smallest absolute Gasteiger partial charge is 0.0543 e. The Morgan fingerprint density at radius 1 is 0.516 bits per heavy atom. The van der Waals surface area contributed by atoms with Crippen molar-refractivity contribution in [1.82, 2.24) is 0 Å². The lowest BCUT2D eigenvalue weighted by molar-refractivity contribution is 0.445. The molecule has 0 heterocycles. The minimum Gasteiger partial charge on any atom is -0.309 e. The second-order valence-corrected chi connectivity index (χ2v) is 20.8. The molecule has 1 saturated carbocycles. The Morgan fingerprint density at radius 3 is 1.87 bits per heavy atom. The van der Waals surface area contributed by atoms with Crippen LogP contribution in [0.3, 0.4) is 0 Å². The molecule has 2 aliphatic rings. The third-order valence-corrected chi connectivity index (χ3v) is 14.3. The summed E-state index contributed by atoms with van der Waals surface area (Å²) in [7, 11) is 0. The quantitative estimate of drug-likeness (QED) is 0.162. The summed E-state index contributed by atoms with van der Waals surface area (Å²) < 4.78 is 0. The van der Waals surface area contributed by atoms with E-state index in [0.29, 0.717) is 5.92 Å². The summed E-state index contributed by atoms with van der Waals surface area (Å²) in [6.45, 7) is 19.1. The molecule has 0 aliphatic heterocycles. The molecule has 0 amide bonds. The summed E-state index contributed by atoms with van der Waals surface area (Å²) in [6.07, 6.45) is 6.58. The largest absolute Gasteiger partial charge is 0.309 e. The van der Waals surface area contributed by atoms with E-state index in [0.717, 1.165) is 5.69 Å². The summed E-state index contributed by atoms with van der Waals surface area (Å²) in [5, 5.41) is 5.28. The van der Waals surface area contributed by atoms with E-state index in [4.69, 9.17) is 0 Å². The zero-order valence-electron chi connectivity index (χ0n) is 38.1. The molecule has 0 N–H and O–H groups in total. The minimum absolute atomic E-state index is 0.00812. The van der Waals surface area contributed by atoms with Crippen molar-refractivity contribution in [2.75, 3.05) is 4.90 Å². The zero-order chi connectivity index (χ0) is 43.0. The molecule has 0 aromatic heterocycles. The van der Waals surface area contributed by atoms with Gasteiger partial charge in [0.25, 0.3) is 0 Å². The highest BCUT2D eigenvalue weighted by atomic mass is 15.1. The number of para-hydroxylation sites is 1. The Kier molecular flexibility index (Phi) is 9.82. The van der Waals surface area contributed by atoms with Crippen LogP contribution >= 0.6 is 0 Å². The molecule has 8 aromatic rings. The van der Waals surface area contributed by atoms with Crippen LogP contribution in [0.15, 0.2) is 158 Å². The van der Waals surface area contributed by atoms with E-state index in [1.165, 1.54) is 126 Å². The van der Waals surface area contributed by atoms with Crippen LogP contribution in [0.4, 0.5) is 17.1 Å². The first kappa shape index (κ1) is 40.2. The van der Waals surface area contributed by atoms with Gasteiger partial charge in [0.1, 0.15) is 0 Å². The molecule has 0 atom stereocenters. The molecule has 62 heavy (non-hydrogen) atoms. The highest BCUT2D eigenvalue weighted by molar-refractivity contribution is 6.04. The standard InChI is InChI=1S/C61H61N/c1-59(2,3)44-38-51-57-52(61(7,8)58(51)53(39-44)60(4,5)6)31-19-33-55(57)62(54-32-15-14-27-50(54)49-30-16-23-40-22-12-13-26-46(40)49)45-36-34-42(35-37-45)48-29-18-25-43-24-17-28-47(56(43)48)41-20-10-9-11-21-41/h12-19,22-39,41H,9-11,20-21H2,1-8H3. The second kappa shape index (κ2) is 15.2. The predicted molar refractivity (Wildman–Crippen MR) is 268 cm³/mol.